The molecule has 1 saturated heterocycles. The molecular formula is C9H8Cl2N2O. The summed E-state index contributed by atoms with van der Waals surface area (Å²) in [6.45, 7) is 0.648. The van der Waals surface area contributed by atoms with E-state index in [1.165, 1.54) is 0 Å². The fraction of sp³-hybridized carbons (Fsp3) is 0.333. The van der Waals surface area contributed by atoms with Gasteiger partial charge in [-0.3, -0.25) is 4.79 Å². The highest BCUT2D eigenvalue weighted by molar-refractivity contribution is 6.32. The van der Waals surface area contributed by atoms with Gasteiger partial charge in [0, 0.05) is 18.9 Å². The van der Waals surface area contributed by atoms with Crippen LogP contribution in [0, 0.1) is 0 Å². The minimum absolute atomic E-state index is 0.0686. The zero-order valence-electron chi connectivity index (χ0n) is 7.26. The smallest absolute Gasteiger partial charge is 0.220 e. The van der Waals surface area contributed by atoms with Gasteiger partial charge in [-0.15, -0.1) is 0 Å². The van der Waals surface area contributed by atoms with Gasteiger partial charge in [-0.25, -0.2) is 4.98 Å². The second kappa shape index (κ2) is 3.75. The first-order chi connectivity index (χ1) is 6.65. The number of aromatic nitrogens is 1. The lowest BCUT2D eigenvalue weighted by atomic mass is 10.00. The maximum Gasteiger partial charge on any atom is 0.220 e. The van der Waals surface area contributed by atoms with Crippen molar-refractivity contribution in [2.45, 2.75) is 12.3 Å². The van der Waals surface area contributed by atoms with Crippen LogP contribution in [0.1, 0.15) is 17.9 Å². The lowest BCUT2D eigenvalue weighted by Crippen LogP contribution is -2.13. The van der Waals surface area contributed by atoms with Crippen molar-refractivity contribution in [2.75, 3.05) is 6.54 Å². The topological polar surface area (TPSA) is 42.0 Å². The minimum atomic E-state index is 0.0686. The summed E-state index contributed by atoms with van der Waals surface area (Å²) in [6, 6.07) is 3.50. The third kappa shape index (κ3) is 1.99. The molecule has 1 amide bonds. The number of nitrogens with one attached hydrogen (secondary N) is 1. The molecule has 5 heteroatoms. The molecule has 1 aliphatic rings. The van der Waals surface area contributed by atoms with Crippen molar-refractivity contribution in [2.24, 2.45) is 0 Å². The summed E-state index contributed by atoms with van der Waals surface area (Å²) in [4.78, 5) is 14.9. The van der Waals surface area contributed by atoms with Gasteiger partial charge in [-0.05, 0) is 17.7 Å². The Bertz CT molecular complexity index is 361. The molecule has 0 aliphatic carbocycles. The number of carbonyl (C=O) groups excluding carboxylic acids is 1. The molecule has 1 fully saturated rings. The predicted octanol–water partition coefficient (Wildman–Crippen LogP) is 1.99. The van der Waals surface area contributed by atoms with E-state index in [2.05, 4.69) is 10.3 Å². The zero-order valence-corrected chi connectivity index (χ0v) is 8.77. The first-order valence-electron chi connectivity index (χ1n) is 4.25. The van der Waals surface area contributed by atoms with Crippen molar-refractivity contribution < 1.29 is 4.79 Å². The molecule has 2 rings (SSSR count). The van der Waals surface area contributed by atoms with Gasteiger partial charge in [-0.1, -0.05) is 23.2 Å². The van der Waals surface area contributed by atoms with Gasteiger partial charge >= 0.3 is 0 Å². The number of amides is 1. The molecule has 2 heterocycles. The molecule has 74 valence electrons. The fourth-order valence-corrected chi connectivity index (χ4v) is 2.04. The molecule has 1 aromatic heterocycles. The van der Waals surface area contributed by atoms with Crippen LogP contribution >= 0.6 is 23.2 Å². The van der Waals surface area contributed by atoms with Crippen molar-refractivity contribution in [1.82, 2.24) is 10.3 Å². The maximum absolute atomic E-state index is 11.0. The van der Waals surface area contributed by atoms with E-state index in [9.17, 15) is 4.79 Å². The van der Waals surface area contributed by atoms with Crippen molar-refractivity contribution in [3.05, 3.63) is 28.0 Å². The van der Waals surface area contributed by atoms with E-state index in [-0.39, 0.29) is 11.8 Å². The van der Waals surface area contributed by atoms with E-state index >= 15 is 0 Å². The van der Waals surface area contributed by atoms with Gasteiger partial charge in [0.15, 0.2) is 0 Å². The highest BCUT2D eigenvalue weighted by Crippen LogP contribution is 2.26. The summed E-state index contributed by atoms with van der Waals surface area (Å²) in [5.41, 5.74) is 0.966. The molecular weight excluding hydrogens is 223 g/mol. The summed E-state index contributed by atoms with van der Waals surface area (Å²) in [6.07, 6.45) is 0.497. The standard InChI is InChI=1S/C9H8Cl2N2O/c10-7-1-5(2-8(11)13-7)6-3-9(14)12-4-6/h1-2,6H,3-4H2,(H,12,14). The largest absolute Gasteiger partial charge is 0.355 e. The Kier molecular flexibility index (Phi) is 2.61. The van der Waals surface area contributed by atoms with Crippen LogP contribution in [0.15, 0.2) is 12.1 Å². The van der Waals surface area contributed by atoms with E-state index in [4.69, 9.17) is 23.2 Å². The second-order valence-electron chi connectivity index (χ2n) is 3.25. The van der Waals surface area contributed by atoms with Crippen molar-refractivity contribution in [3.8, 4) is 0 Å². The van der Waals surface area contributed by atoms with E-state index in [0.717, 1.165) is 5.56 Å². The number of halogens is 2. The highest BCUT2D eigenvalue weighted by atomic mass is 35.5. The number of nitrogens with zero attached hydrogens (tertiary/aromatic N) is 1. The van der Waals surface area contributed by atoms with Crippen LogP contribution in [-0.2, 0) is 4.79 Å². The van der Waals surface area contributed by atoms with Gasteiger partial charge in [0.2, 0.25) is 5.91 Å². The number of pyridine rings is 1. The minimum Gasteiger partial charge on any atom is -0.355 e. The molecule has 1 unspecified atom stereocenters. The first-order valence-corrected chi connectivity index (χ1v) is 5.00. The number of hydrogen-bond acceptors (Lipinski definition) is 2. The van der Waals surface area contributed by atoms with E-state index in [0.29, 0.717) is 23.3 Å². The SMILES string of the molecule is O=C1CC(c2cc(Cl)nc(Cl)c2)CN1. The summed E-state index contributed by atoms with van der Waals surface area (Å²) in [5, 5.41) is 3.50. The molecule has 1 aliphatic heterocycles. The van der Waals surface area contributed by atoms with Crippen LogP contribution in [0.5, 0.6) is 0 Å². The Morgan fingerprint density at radius 3 is 2.50 bits per heavy atom. The number of rotatable bonds is 1. The Morgan fingerprint density at radius 2 is 2.00 bits per heavy atom. The lowest BCUT2D eigenvalue weighted by molar-refractivity contribution is -0.119. The van der Waals surface area contributed by atoms with Crippen molar-refractivity contribution in [3.63, 3.8) is 0 Å². The third-order valence-electron chi connectivity index (χ3n) is 2.23. The Morgan fingerprint density at radius 1 is 1.36 bits per heavy atom. The number of carbonyl (C=O) groups is 1. The molecule has 14 heavy (non-hydrogen) atoms. The summed E-state index contributed by atoms with van der Waals surface area (Å²) < 4.78 is 0. The molecule has 0 radical (unpaired) electrons. The van der Waals surface area contributed by atoms with Gasteiger partial charge in [0.25, 0.3) is 0 Å². The molecule has 1 aromatic rings. The Balaban J connectivity index is 2.27. The number of hydrogen-bond donors (Lipinski definition) is 1. The van der Waals surface area contributed by atoms with E-state index in [1.54, 1.807) is 12.1 Å². The first kappa shape index (κ1) is 9.74. The Hall–Kier alpha value is -0.800. The highest BCUT2D eigenvalue weighted by Gasteiger charge is 2.23. The van der Waals surface area contributed by atoms with E-state index < -0.39 is 0 Å². The average Bonchev–Trinajstić information content (AvgIpc) is 2.50. The van der Waals surface area contributed by atoms with Crippen LogP contribution in [0.4, 0.5) is 0 Å². The molecule has 0 saturated carbocycles. The van der Waals surface area contributed by atoms with Crippen LogP contribution in [-0.4, -0.2) is 17.4 Å². The van der Waals surface area contributed by atoms with Crippen molar-refractivity contribution in [1.29, 1.82) is 0 Å². The van der Waals surface area contributed by atoms with Gasteiger partial charge in [-0.2, -0.15) is 0 Å². The lowest BCUT2D eigenvalue weighted by Gasteiger charge is -2.07. The second-order valence-corrected chi connectivity index (χ2v) is 4.03. The molecule has 0 bridgehead atoms. The normalized spacial score (nSPS) is 21.0. The fourth-order valence-electron chi connectivity index (χ4n) is 1.56. The van der Waals surface area contributed by atoms with Crippen LogP contribution in [0.3, 0.4) is 0 Å². The molecule has 0 aromatic carbocycles. The summed E-state index contributed by atoms with van der Waals surface area (Å²) in [5.74, 6) is 0.236. The zero-order chi connectivity index (χ0) is 10.1. The van der Waals surface area contributed by atoms with Crippen LogP contribution in [0.2, 0.25) is 10.3 Å². The Labute approximate surface area is 91.4 Å². The maximum atomic E-state index is 11.0. The average molecular weight is 231 g/mol. The molecule has 1 atom stereocenters. The summed E-state index contributed by atoms with van der Waals surface area (Å²) >= 11 is 11.5. The molecule has 0 spiro atoms. The predicted molar refractivity (Wildman–Crippen MR) is 54.6 cm³/mol. The van der Waals surface area contributed by atoms with Crippen LogP contribution < -0.4 is 5.32 Å². The van der Waals surface area contributed by atoms with Gasteiger partial charge in [0.05, 0.1) is 0 Å². The third-order valence-corrected chi connectivity index (χ3v) is 2.62. The molecule has 3 nitrogen and oxygen atoms in total. The quantitative estimate of drug-likeness (QED) is 0.751. The van der Waals surface area contributed by atoms with E-state index in [1.807, 2.05) is 0 Å². The monoisotopic (exact) mass is 230 g/mol. The van der Waals surface area contributed by atoms with Crippen LogP contribution in [0.25, 0.3) is 0 Å². The van der Waals surface area contributed by atoms with Crippen molar-refractivity contribution >= 4 is 29.1 Å². The molecule has 1 N–H and O–H groups in total. The van der Waals surface area contributed by atoms with Gasteiger partial charge < -0.3 is 5.32 Å². The van der Waals surface area contributed by atoms with Gasteiger partial charge in [0.1, 0.15) is 10.3 Å². The summed E-state index contributed by atoms with van der Waals surface area (Å²) in [7, 11) is 0.